The van der Waals surface area contributed by atoms with Gasteiger partial charge in [-0.1, -0.05) is 18.6 Å². The summed E-state index contributed by atoms with van der Waals surface area (Å²) in [5, 5.41) is 4.45. The van der Waals surface area contributed by atoms with E-state index in [1.165, 1.54) is 36.1 Å². The summed E-state index contributed by atoms with van der Waals surface area (Å²) < 4.78 is 5.49. The van der Waals surface area contributed by atoms with Crippen molar-refractivity contribution in [3.05, 3.63) is 29.3 Å². The zero-order valence-electron chi connectivity index (χ0n) is 12.2. The Morgan fingerprint density at radius 2 is 2.26 bits per heavy atom. The summed E-state index contributed by atoms with van der Waals surface area (Å²) in [6.07, 6.45) is 4.14. The average molecular weight is 279 g/mol. The smallest absolute Gasteiger partial charge is 0.123 e. The van der Waals surface area contributed by atoms with Gasteiger partial charge in [-0.15, -0.1) is 0 Å². The van der Waals surface area contributed by atoms with Gasteiger partial charge in [0, 0.05) is 23.4 Å². The Morgan fingerprint density at radius 1 is 1.42 bits per heavy atom. The number of hydrogen-bond acceptors (Lipinski definition) is 3. The van der Waals surface area contributed by atoms with E-state index in [1.807, 2.05) is 0 Å². The van der Waals surface area contributed by atoms with Gasteiger partial charge in [-0.3, -0.25) is 0 Å². The zero-order valence-corrected chi connectivity index (χ0v) is 13.1. The van der Waals surface area contributed by atoms with E-state index < -0.39 is 0 Å². The molecule has 19 heavy (non-hydrogen) atoms. The van der Waals surface area contributed by atoms with Crippen molar-refractivity contribution in [1.82, 2.24) is 5.32 Å². The van der Waals surface area contributed by atoms with Gasteiger partial charge in [-0.2, -0.15) is 11.8 Å². The van der Waals surface area contributed by atoms with Crippen LogP contribution >= 0.6 is 11.8 Å². The van der Waals surface area contributed by atoms with Gasteiger partial charge in [-0.25, -0.2) is 0 Å². The van der Waals surface area contributed by atoms with E-state index in [1.54, 1.807) is 7.11 Å². The molecule has 2 unspecified atom stereocenters. The monoisotopic (exact) mass is 279 g/mol. The lowest BCUT2D eigenvalue weighted by atomic mass is 10.0. The molecule has 0 radical (unpaired) electrons. The molecule has 1 aliphatic rings. The molecule has 0 saturated carbocycles. The minimum absolute atomic E-state index is 0.345. The van der Waals surface area contributed by atoms with Crippen LogP contribution in [-0.2, 0) is 0 Å². The molecule has 1 N–H and O–H groups in total. The van der Waals surface area contributed by atoms with Crippen LogP contribution in [-0.4, -0.2) is 24.7 Å². The molecule has 1 aromatic rings. The van der Waals surface area contributed by atoms with Crippen molar-refractivity contribution in [3.8, 4) is 5.75 Å². The molecular formula is C16H25NOS. The van der Waals surface area contributed by atoms with Crippen molar-refractivity contribution in [3.63, 3.8) is 0 Å². The number of benzene rings is 1. The SMILES string of the molecule is COc1cc(C)ccc1C(C)NCC1CCCCS1. The second kappa shape index (κ2) is 7.20. The van der Waals surface area contributed by atoms with E-state index in [0.717, 1.165) is 17.5 Å². The predicted molar refractivity (Wildman–Crippen MR) is 84.2 cm³/mol. The number of nitrogens with one attached hydrogen (secondary N) is 1. The summed E-state index contributed by atoms with van der Waals surface area (Å²) >= 11 is 2.12. The molecule has 2 rings (SSSR count). The van der Waals surface area contributed by atoms with Crippen molar-refractivity contribution in [2.24, 2.45) is 0 Å². The quantitative estimate of drug-likeness (QED) is 0.882. The highest BCUT2D eigenvalue weighted by Crippen LogP contribution is 2.28. The molecule has 2 atom stereocenters. The lowest BCUT2D eigenvalue weighted by Gasteiger charge is -2.24. The molecule has 1 fully saturated rings. The van der Waals surface area contributed by atoms with E-state index in [9.17, 15) is 0 Å². The van der Waals surface area contributed by atoms with Crippen LogP contribution in [0.25, 0.3) is 0 Å². The van der Waals surface area contributed by atoms with Crippen molar-refractivity contribution in [2.75, 3.05) is 19.4 Å². The lowest BCUT2D eigenvalue weighted by molar-refractivity contribution is 0.401. The van der Waals surface area contributed by atoms with Crippen LogP contribution in [0.3, 0.4) is 0 Å². The average Bonchev–Trinajstić information content (AvgIpc) is 2.45. The molecule has 0 aliphatic carbocycles. The van der Waals surface area contributed by atoms with Gasteiger partial charge in [0.15, 0.2) is 0 Å². The standard InChI is InChI=1S/C16H25NOS/c1-12-7-8-15(16(10-12)18-3)13(2)17-11-14-6-4-5-9-19-14/h7-8,10,13-14,17H,4-6,9,11H2,1-3H3. The Morgan fingerprint density at radius 3 is 2.95 bits per heavy atom. The molecule has 0 aromatic heterocycles. The Kier molecular flexibility index (Phi) is 5.59. The third-order valence-corrected chi connectivity index (χ3v) is 5.18. The van der Waals surface area contributed by atoms with E-state index in [-0.39, 0.29) is 0 Å². The van der Waals surface area contributed by atoms with Crippen molar-refractivity contribution in [2.45, 2.75) is 44.4 Å². The summed E-state index contributed by atoms with van der Waals surface area (Å²) in [6.45, 7) is 5.42. The molecule has 0 bridgehead atoms. The maximum absolute atomic E-state index is 5.49. The number of ether oxygens (including phenoxy) is 1. The number of methoxy groups -OCH3 is 1. The largest absolute Gasteiger partial charge is 0.496 e. The van der Waals surface area contributed by atoms with Crippen molar-refractivity contribution in [1.29, 1.82) is 0 Å². The molecule has 3 heteroatoms. The van der Waals surface area contributed by atoms with E-state index in [2.05, 4.69) is 49.1 Å². The number of hydrogen-bond donors (Lipinski definition) is 1. The van der Waals surface area contributed by atoms with Crippen LogP contribution in [0.1, 0.15) is 43.4 Å². The molecule has 1 saturated heterocycles. The van der Waals surface area contributed by atoms with Crippen LogP contribution in [0, 0.1) is 6.92 Å². The van der Waals surface area contributed by atoms with E-state index >= 15 is 0 Å². The topological polar surface area (TPSA) is 21.3 Å². The minimum Gasteiger partial charge on any atom is -0.496 e. The maximum Gasteiger partial charge on any atom is 0.123 e. The molecule has 106 valence electrons. The first-order chi connectivity index (χ1) is 9.20. The molecule has 1 aromatic carbocycles. The first-order valence-corrected chi connectivity index (χ1v) is 8.25. The fourth-order valence-corrected chi connectivity index (χ4v) is 3.81. The van der Waals surface area contributed by atoms with E-state index in [4.69, 9.17) is 4.74 Å². The molecule has 1 aliphatic heterocycles. The molecule has 0 amide bonds. The third-order valence-electron chi connectivity index (χ3n) is 3.78. The summed E-state index contributed by atoms with van der Waals surface area (Å²) in [4.78, 5) is 0. The third kappa shape index (κ3) is 4.15. The van der Waals surface area contributed by atoms with Gasteiger partial charge in [-0.05, 0) is 44.1 Å². The fourth-order valence-electron chi connectivity index (χ4n) is 2.56. The summed E-state index contributed by atoms with van der Waals surface area (Å²) in [7, 11) is 1.75. The normalized spacial score (nSPS) is 21.1. The van der Waals surface area contributed by atoms with Gasteiger partial charge in [0.1, 0.15) is 5.75 Å². The van der Waals surface area contributed by atoms with Gasteiger partial charge in [0.25, 0.3) is 0 Å². The van der Waals surface area contributed by atoms with Crippen LogP contribution in [0.2, 0.25) is 0 Å². The van der Waals surface area contributed by atoms with Crippen molar-refractivity contribution >= 4 is 11.8 Å². The first kappa shape index (κ1) is 14.7. The van der Waals surface area contributed by atoms with Gasteiger partial charge < -0.3 is 10.1 Å². The van der Waals surface area contributed by atoms with Crippen LogP contribution in [0.15, 0.2) is 18.2 Å². The van der Waals surface area contributed by atoms with Gasteiger partial charge >= 0.3 is 0 Å². The van der Waals surface area contributed by atoms with E-state index in [0.29, 0.717) is 6.04 Å². The van der Waals surface area contributed by atoms with Gasteiger partial charge in [0.2, 0.25) is 0 Å². The predicted octanol–water partition coefficient (Wildman–Crippen LogP) is 3.94. The maximum atomic E-state index is 5.49. The minimum atomic E-state index is 0.345. The molecule has 1 heterocycles. The second-order valence-electron chi connectivity index (χ2n) is 5.36. The van der Waals surface area contributed by atoms with Gasteiger partial charge in [0.05, 0.1) is 7.11 Å². The first-order valence-electron chi connectivity index (χ1n) is 7.20. The highest BCUT2D eigenvalue weighted by Gasteiger charge is 2.16. The summed E-state index contributed by atoms with van der Waals surface area (Å²) in [5.74, 6) is 2.32. The zero-order chi connectivity index (χ0) is 13.7. The second-order valence-corrected chi connectivity index (χ2v) is 6.77. The Balaban J connectivity index is 1.93. The molecule has 0 spiro atoms. The number of rotatable bonds is 5. The Hall–Kier alpha value is -0.670. The van der Waals surface area contributed by atoms with Crippen LogP contribution in [0.5, 0.6) is 5.75 Å². The fraction of sp³-hybridized carbons (Fsp3) is 0.625. The highest BCUT2D eigenvalue weighted by atomic mass is 32.2. The Bertz CT molecular complexity index is 402. The lowest BCUT2D eigenvalue weighted by Crippen LogP contribution is -2.29. The van der Waals surface area contributed by atoms with Crippen LogP contribution < -0.4 is 10.1 Å². The highest BCUT2D eigenvalue weighted by molar-refractivity contribution is 7.99. The number of aryl methyl sites for hydroxylation is 1. The van der Waals surface area contributed by atoms with Crippen molar-refractivity contribution < 1.29 is 4.74 Å². The van der Waals surface area contributed by atoms with Crippen LogP contribution in [0.4, 0.5) is 0 Å². The molecular weight excluding hydrogens is 254 g/mol. The summed E-state index contributed by atoms with van der Waals surface area (Å²) in [6, 6.07) is 6.80. The molecule has 2 nitrogen and oxygen atoms in total. The summed E-state index contributed by atoms with van der Waals surface area (Å²) in [5.41, 5.74) is 2.50. The Labute approximate surface area is 121 Å². The number of thioether (sulfide) groups is 1.